The lowest BCUT2D eigenvalue weighted by molar-refractivity contribution is 0.412. The Bertz CT molecular complexity index is 628. The molecule has 1 aliphatic rings. The number of ether oxygens (including phenoxy) is 1. The van der Waals surface area contributed by atoms with Crippen LogP contribution >= 0.6 is 0 Å². The van der Waals surface area contributed by atoms with Gasteiger partial charge in [0.05, 0.1) is 12.0 Å². The first-order valence-corrected chi connectivity index (χ1v) is 7.61. The monoisotopic (exact) mass is 288 g/mol. The molecule has 1 aromatic carbocycles. The highest BCUT2D eigenvalue weighted by Gasteiger charge is 2.23. The summed E-state index contributed by atoms with van der Waals surface area (Å²) in [6.07, 6.45) is 4.41. The largest absolute Gasteiger partial charge is 0.497 e. The summed E-state index contributed by atoms with van der Waals surface area (Å²) in [7, 11) is 0.554. The minimum absolute atomic E-state index is 0.679. The molecule has 1 atom stereocenters. The van der Waals surface area contributed by atoms with Gasteiger partial charge >= 0.3 is 0 Å². The van der Waals surface area contributed by atoms with Crippen molar-refractivity contribution in [3.05, 3.63) is 53.9 Å². The van der Waals surface area contributed by atoms with Crippen LogP contribution in [0.1, 0.15) is 11.1 Å². The molecule has 5 heteroatoms. The van der Waals surface area contributed by atoms with Crippen molar-refractivity contribution >= 4 is 11.0 Å². The van der Waals surface area contributed by atoms with E-state index >= 15 is 0 Å². The van der Waals surface area contributed by atoms with Gasteiger partial charge in [0, 0.05) is 25.5 Å². The Morgan fingerprint density at radius 3 is 2.85 bits per heavy atom. The van der Waals surface area contributed by atoms with Crippen molar-refractivity contribution in [3.8, 4) is 5.75 Å². The van der Waals surface area contributed by atoms with E-state index in [1.54, 1.807) is 13.3 Å². The molecular formula is C15H16N2O2S. The average molecular weight is 288 g/mol. The average Bonchev–Trinajstić information content (AvgIpc) is 2.51. The molecule has 2 heterocycles. The quantitative estimate of drug-likeness (QED) is 0.869. The third-order valence-electron chi connectivity index (χ3n) is 3.43. The number of hydrogen-bond acceptors (Lipinski definition) is 3. The van der Waals surface area contributed by atoms with Gasteiger partial charge in [0.1, 0.15) is 16.7 Å². The Morgan fingerprint density at radius 2 is 2.10 bits per heavy atom. The molecule has 0 saturated heterocycles. The molecule has 0 fully saturated rings. The van der Waals surface area contributed by atoms with E-state index in [-0.39, 0.29) is 0 Å². The predicted octanol–water partition coefficient (Wildman–Crippen LogP) is 2.17. The zero-order valence-corrected chi connectivity index (χ0v) is 12.1. The Kier molecular flexibility index (Phi) is 3.80. The van der Waals surface area contributed by atoms with Gasteiger partial charge in [0.2, 0.25) is 0 Å². The van der Waals surface area contributed by atoms with Crippen LogP contribution in [0.3, 0.4) is 0 Å². The smallest absolute Gasteiger partial charge is 0.128 e. The minimum Gasteiger partial charge on any atom is -0.497 e. The maximum atomic E-state index is 12.5. The lowest BCUT2D eigenvalue weighted by atomic mass is 10.2. The van der Waals surface area contributed by atoms with Crippen LogP contribution in [-0.2, 0) is 24.0 Å². The van der Waals surface area contributed by atoms with Gasteiger partial charge in [-0.2, -0.15) is 0 Å². The Labute approximate surface area is 121 Å². The molecular weight excluding hydrogens is 272 g/mol. The summed E-state index contributed by atoms with van der Waals surface area (Å²) < 4.78 is 19.7. The maximum absolute atomic E-state index is 12.5. The van der Waals surface area contributed by atoms with Crippen LogP contribution in [0.4, 0.5) is 0 Å². The van der Waals surface area contributed by atoms with E-state index in [0.29, 0.717) is 6.54 Å². The van der Waals surface area contributed by atoms with E-state index in [2.05, 4.69) is 4.98 Å². The van der Waals surface area contributed by atoms with Gasteiger partial charge in [-0.25, -0.2) is 8.51 Å². The Balaban J connectivity index is 1.77. The summed E-state index contributed by atoms with van der Waals surface area (Å²) in [4.78, 5) is 4.98. The van der Waals surface area contributed by atoms with E-state index in [0.717, 1.165) is 34.7 Å². The van der Waals surface area contributed by atoms with E-state index in [1.807, 2.05) is 40.8 Å². The fraction of sp³-hybridized carbons (Fsp3) is 0.267. The van der Waals surface area contributed by atoms with Gasteiger partial charge < -0.3 is 4.74 Å². The first-order valence-electron chi connectivity index (χ1n) is 6.50. The summed E-state index contributed by atoms with van der Waals surface area (Å²) >= 11 is 0. The SMILES string of the molecule is COc1ccc(CN2CCc3cnccc3S2=O)cc1. The molecule has 0 bridgehead atoms. The molecule has 0 spiro atoms. The second kappa shape index (κ2) is 5.73. The lowest BCUT2D eigenvalue weighted by Crippen LogP contribution is -2.32. The van der Waals surface area contributed by atoms with Gasteiger partial charge in [0.15, 0.2) is 0 Å². The molecule has 1 aromatic heterocycles. The maximum Gasteiger partial charge on any atom is 0.128 e. The van der Waals surface area contributed by atoms with Crippen LogP contribution in [0, 0.1) is 0 Å². The molecule has 104 valence electrons. The summed E-state index contributed by atoms with van der Waals surface area (Å²) in [5.41, 5.74) is 2.23. The van der Waals surface area contributed by atoms with Crippen LogP contribution in [0.5, 0.6) is 5.75 Å². The van der Waals surface area contributed by atoms with Gasteiger partial charge in [-0.3, -0.25) is 4.98 Å². The fourth-order valence-electron chi connectivity index (χ4n) is 2.31. The highest BCUT2D eigenvalue weighted by atomic mass is 32.2. The summed E-state index contributed by atoms with van der Waals surface area (Å²) in [6, 6.07) is 9.74. The first-order chi connectivity index (χ1) is 9.78. The molecule has 4 nitrogen and oxygen atoms in total. The van der Waals surface area contributed by atoms with Crippen LogP contribution < -0.4 is 4.74 Å². The summed E-state index contributed by atoms with van der Waals surface area (Å²) in [5, 5.41) is 0. The molecule has 1 aliphatic heterocycles. The van der Waals surface area contributed by atoms with E-state index in [9.17, 15) is 4.21 Å². The van der Waals surface area contributed by atoms with Gasteiger partial charge in [-0.1, -0.05) is 12.1 Å². The zero-order valence-electron chi connectivity index (χ0n) is 11.3. The van der Waals surface area contributed by atoms with Gasteiger partial charge in [-0.05, 0) is 35.7 Å². The second-order valence-corrected chi connectivity index (χ2v) is 6.15. The number of pyridine rings is 1. The number of methoxy groups -OCH3 is 1. The van der Waals surface area contributed by atoms with E-state index < -0.39 is 11.0 Å². The molecule has 20 heavy (non-hydrogen) atoms. The standard InChI is InChI=1S/C15H16N2O2S/c1-19-14-4-2-12(3-5-14)11-17-9-7-13-10-16-8-6-15(13)20(17)18/h2-6,8,10H,7,9,11H2,1H3. The predicted molar refractivity (Wildman–Crippen MR) is 77.8 cm³/mol. The molecule has 3 rings (SSSR count). The molecule has 0 N–H and O–H groups in total. The second-order valence-electron chi connectivity index (χ2n) is 4.69. The minimum atomic E-state index is -1.10. The normalized spacial score (nSPS) is 18.6. The number of fused-ring (bicyclic) bond motifs is 1. The number of rotatable bonds is 3. The van der Waals surface area contributed by atoms with E-state index in [4.69, 9.17) is 4.74 Å². The van der Waals surface area contributed by atoms with Crippen molar-refractivity contribution in [2.75, 3.05) is 13.7 Å². The van der Waals surface area contributed by atoms with Crippen LogP contribution in [0.2, 0.25) is 0 Å². The molecule has 2 aromatic rings. The van der Waals surface area contributed by atoms with Crippen molar-refractivity contribution in [3.63, 3.8) is 0 Å². The Hall–Kier alpha value is -1.72. The van der Waals surface area contributed by atoms with Crippen molar-refractivity contribution in [1.82, 2.24) is 9.29 Å². The molecule has 0 amide bonds. The van der Waals surface area contributed by atoms with Gasteiger partial charge in [-0.15, -0.1) is 0 Å². The number of aromatic nitrogens is 1. The lowest BCUT2D eigenvalue weighted by Gasteiger charge is -2.27. The van der Waals surface area contributed by atoms with Crippen molar-refractivity contribution in [2.45, 2.75) is 17.9 Å². The Morgan fingerprint density at radius 1 is 1.30 bits per heavy atom. The van der Waals surface area contributed by atoms with Crippen LogP contribution in [0.25, 0.3) is 0 Å². The molecule has 0 saturated carbocycles. The third kappa shape index (κ3) is 2.59. The number of benzene rings is 1. The first kappa shape index (κ1) is 13.3. The molecule has 0 aliphatic carbocycles. The molecule has 0 radical (unpaired) electrons. The van der Waals surface area contributed by atoms with Crippen LogP contribution in [0.15, 0.2) is 47.6 Å². The number of hydrogen-bond donors (Lipinski definition) is 0. The third-order valence-corrected chi connectivity index (χ3v) is 4.99. The van der Waals surface area contributed by atoms with Crippen molar-refractivity contribution < 1.29 is 8.95 Å². The van der Waals surface area contributed by atoms with Crippen LogP contribution in [-0.4, -0.2) is 27.2 Å². The topological polar surface area (TPSA) is 42.4 Å². The molecule has 1 unspecified atom stereocenters. The van der Waals surface area contributed by atoms with Crippen molar-refractivity contribution in [1.29, 1.82) is 0 Å². The highest BCUT2D eigenvalue weighted by molar-refractivity contribution is 7.82. The highest BCUT2D eigenvalue weighted by Crippen LogP contribution is 2.24. The van der Waals surface area contributed by atoms with Gasteiger partial charge in [0.25, 0.3) is 0 Å². The summed E-state index contributed by atoms with van der Waals surface area (Å²) in [6.45, 7) is 1.47. The van der Waals surface area contributed by atoms with E-state index in [1.165, 1.54) is 0 Å². The fourth-order valence-corrected chi connectivity index (χ4v) is 3.67. The summed E-state index contributed by atoms with van der Waals surface area (Å²) in [5.74, 6) is 0.838. The number of nitrogens with zero attached hydrogens (tertiary/aromatic N) is 2. The zero-order chi connectivity index (χ0) is 13.9. The van der Waals surface area contributed by atoms with Crippen molar-refractivity contribution in [2.24, 2.45) is 0 Å².